The van der Waals surface area contributed by atoms with Gasteiger partial charge in [0.15, 0.2) is 0 Å². The Bertz CT molecular complexity index is 1140. The first-order valence-corrected chi connectivity index (χ1v) is 11.1. The topological polar surface area (TPSA) is 70.0 Å². The van der Waals surface area contributed by atoms with Crippen LogP contribution in [0.15, 0.2) is 42.6 Å². The van der Waals surface area contributed by atoms with Gasteiger partial charge in [0.05, 0.1) is 11.4 Å². The molecule has 2 amide bonds. The van der Waals surface area contributed by atoms with Crippen molar-refractivity contribution in [2.24, 2.45) is 0 Å². The minimum Gasteiger partial charge on any atom is -0.341 e. The third kappa shape index (κ3) is 4.67. The lowest BCUT2D eigenvalue weighted by molar-refractivity contribution is -0.134. The van der Waals surface area contributed by atoms with E-state index in [0.717, 1.165) is 36.5 Å². The van der Waals surface area contributed by atoms with Crippen LogP contribution in [0.25, 0.3) is 5.65 Å². The number of aromatic nitrogens is 2. The molecule has 4 rings (SSSR count). The van der Waals surface area contributed by atoms with Gasteiger partial charge in [-0.05, 0) is 57.5 Å². The summed E-state index contributed by atoms with van der Waals surface area (Å²) >= 11 is 0. The molecule has 0 radical (unpaired) electrons. The Balaban J connectivity index is 1.33. The van der Waals surface area contributed by atoms with Crippen molar-refractivity contribution in [2.75, 3.05) is 26.2 Å². The summed E-state index contributed by atoms with van der Waals surface area (Å²) in [6.07, 6.45) is 2.08. The molecule has 1 saturated heterocycles. The molecule has 168 valence electrons. The average molecular weight is 434 g/mol. The molecule has 7 nitrogen and oxygen atoms in total. The molecule has 1 atom stereocenters. The molecule has 1 aliphatic heterocycles. The average Bonchev–Trinajstić information content (AvgIpc) is 3.07. The molecule has 3 heterocycles. The number of rotatable bonds is 5. The largest absolute Gasteiger partial charge is 0.341 e. The van der Waals surface area contributed by atoms with Gasteiger partial charge < -0.3 is 14.6 Å². The van der Waals surface area contributed by atoms with E-state index < -0.39 is 6.04 Å². The minimum absolute atomic E-state index is 0.0351. The molecule has 2 aromatic heterocycles. The quantitative estimate of drug-likeness (QED) is 0.672. The summed E-state index contributed by atoms with van der Waals surface area (Å²) in [6, 6.07) is 11.0. The number of amides is 2. The van der Waals surface area contributed by atoms with E-state index >= 15 is 0 Å². The molecule has 0 spiro atoms. The Morgan fingerprint density at radius 2 is 1.75 bits per heavy atom. The zero-order valence-corrected chi connectivity index (χ0v) is 19.3. The molecule has 1 unspecified atom stereocenters. The monoisotopic (exact) mass is 433 g/mol. The van der Waals surface area contributed by atoms with Gasteiger partial charge in [-0.3, -0.25) is 14.5 Å². The lowest BCUT2D eigenvalue weighted by Gasteiger charge is -2.36. The van der Waals surface area contributed by atoms with E-state index in [0.29, 0.717) is 18.7 Å². The summed E-state index contributed by atoms with van der Waals surface area (Å²) in [5, 5.41) is 2.84. The van der Waals surface area contributed by atoms with Crippen LogP contribution in [-0.2, 0) is 11.3 Å². The molecular weight excluding hydrogens is 402 g/mol. The Kier molecular flexibility index (Phi) is 6.28. The Morgan fingerprint density at radius 3 is 2.47 bits per heavy atom. The molecule has 1 aliphatic rings. The molecule has 7 heteroatoms. The van der Waals surface area contributed by atoms with Crippen LogP contribution in [0, 0.1) is 20.8 Å². The highest BCUT2D eigenvalue weighted by atomic mass is 16.2. The van der Waals surface area contributed by atoms with Crippen LogP contribution >= 0.6 is 0 Å². The number of imidazole rings is 1. The second kappa shape index (κ2) is 9.12. The number of piperazine rings is 1. The molecule has 1 aromatic carbocycles. The Labute approximate surface area is 189 Å². The van der Waals surface area contributed by atoms with Gasteiger partial charge in [0, 0.05) is 44.5 Å². The minimum atomic E-state index is -0.557. The van der Waals surface area contributed by atoms with Crippen LogP contribution in [0.5, 0.6) is 0 Å². The Morgan fingerprint density at radius 1 is 1.03 bits per heavy atom. The molecule has 3 aromatic rings. The fourth-order valence-corrected chi connectivity index (χ4v) is 4.25. The van der Waals surface area contributed by atoms with Crippen molar-refractivity contribution in [2.45, 2.75) is 40.3 Å². The molecule has 1 N–H and O–H groups in total. The number of nitrogens with one attached hydrogen (secondary N) is 1. The lowest BCUT2D eigenvalue weighted by Crippen LogP contribution is -2.54. The number of fused-ring (bicyclic) bond motifs is 1. The fraction of sp³-hybridized carbons (Fsp3) is 0.400. The van der Waals surface area contributed by atoms with Crippen molar-refractivity contribution in [3.8, 4) is 0 Å². The number of carbonyl (C=O) groups is 2. The zero-order valence-electron chi connectivity index (χ0n) is 19.3. The first-order valence-electron chi connectivity index (χ1n) is 11.1. The third-order valence-electron chi connectivity index (χ3n) is 6.14. The van der Waals surface area contributed by atoms with E-state index in [9.17, 15) is 9.59 Å². The fourth-order valence-electron chi connectivity index (χ4n) is 4.25. The molecule has 0 aliphatic carbocycles. The van der Waals surface area contributed by atoms with Gasteiger partial charge in [0.25, 0.3) is 5.91 Å². The number of hydrogen-bond acceptors (Lipinski definition) is 4. The zero-order chi connectivity index (χ0) is 22.8. The summed E-state index contributed by atoms with van der Waals surface area (Å²) in [5.74, 6) is -0.251. The van der Waals surface area contributed by atoms with Gasteiger partial charge >= 0.3 is 0 Å². The summed E-state index contributed by atoms with van der Waals surface area (Å²) < 4.78 is 2.16. The van der Waals surface area contributed by atoms with Gasteiger partial charge in [0.2, 0.25) is 5.91 Å². The highest BCUT2D eigenvalue weighted by Gasteiger charge is 2.27. The van der Waals surface area contributed by atoms with E-state index in [1.165, 1.54) is 11.3 Å². The van der Waals surface area contributed by atoms with Crippen molar-refractivity contribution in [3.63, 3.8) is 0 Å². The van der Waals surface area contributed by atoms with E-state index in [1.807, 2.05) is 30.0 Å². The van der Waals surface area contributed by atoms with Crippen molar-refractivity contribution in [1.82, 2.24) is 24.5 Å². The molecule has 32 heavy (non-hydrogen) atoms. The van der Waals surface area contributed by atoms with Crippen molar-refractivity contribution in [3.05, 3.63) is 70.7 Å². The highest BCUT2D eigenvalue weighted by molar-refractivity contribution is 5.97. The van der Waals surface area contributed by atoms with Crippen LogP contribution in [0.1, 0.15) is 39.8 Å². The number of hydrogen-bond donors (Lipinski definition) is 1. The van der Waals surface area contributed by atoms with E-state index in [1.54, 1.807) is 13.0 Å². The Hall–Kier alpha value is -3.19. The van der Waals surface area contributed by atoms with E-state index in [4.69, 9.17) is 4.98 Å². The van der Waals surface area contributed by atoms with Gasteiger partial charge in [-0.15, -0.1) is 0 Å². The second-order valence-electron chi connectivity index (χ2n) is 8.74. The normalized spacial score (nSPS) is 15.7. The van der Waals surface area contributed by atoms with Gasteiger partial charge in [-0.25, -0.2) is 4.98 Å². The highest BCUT2D eigenvalue weighted by Crippen LogP contribution is 2.17. The number of aryl methyl sites for hydroxylation is 3. The number of benzene rings is 1. The molecule has 0 bridgehead atoms. The summed E-state index contributed by atoms with van der Waals surface area (Å²) in [6.45, 7) is 11.5. The number of carbonyl (C=O) groups excluding carboxylic acids is 2. The van der Waals surface area contributed by atoms with E-state index in [2.05, 4.69) is 46.8 Å². The smallest absolute Gasteiger partial charge is 0.251 e. The first kappa shape index (κ1) is 22.0. The molecule has 0 saturated carbocycles. The van der Waals surface area contributed by atoms with Crippen LogP contribution in [0.4, 0.5) is 0 Å². The van der Waals surface area contributed by atoms with Gasteiger partial charge in [0.1, 0.15) is 11.7 Å². The maximum absolute atomic E-state index is 12.9. The summed E-state index contributed by atoms with van der Waals surface area (Å²) in [5.41, 5.74) is 6.01. The predicted octanol–water partition coefficient (Wildman–Crippen LogP) is 2.72. The SMILES string of the molecule is Cc1cccc(C(=O)NC(C)C(=O)N2CCN(Cc3c(C)nc4cc(C)ccn34)CC2)c1. The third-order valence-corrected chi connectivity index (χ3v) is 6.14. The second-order valence-corrected chi connectivity index (χ2v) is 8.74. The van der Waals surface area contributed by atoms with Crippen LogP contribution in [0.3, 0.4) is 0 Å². The standard InChI is InChI=1S/C25H31N5O2/c1-17-6-5-7-21(14-17)24(31)27-20(4)25(32)29-12-10-28(11-13-29)16-22-19(3)26-23-15-18(2)8-9-30(22)23/h5-9,14-15,20H,10-13,16H2,1-4H3,(H,27,31). The lowest BCUT2D eigenvalue weighted by atomic mass is 10.1. The molecular formula is C25H31N5O2. The summed E-state index contributed by atoms with van der Waals surface area (Å²) in [7, 11) is 0. The van der Waals surface area contributed by atoms with Crippen molar-refractivity contribution in [1.29, 1.82) is 0 Å². The maximum atomic E-state index is 12.9. The maximum Gasteiger partial charge on any atom is 0.251 e. The van der Waals surface area contributed by atoms with Crippen LogP contribution in [0.2, 0.25) is 0 Å². The summed E-state index contributed by atoms with van der Waals surface area (Å²) in [4.78, 5) is 34.3. The predicted molar refractivity (Wildman–Crippen MR) is 125 cm³/mol. The van der Waals surface area contributed by atoms with Crippen molar-refractivity contribution < 1.29 is 9.59 Å². The van der Waals surface area contributed by atoms with Crippen LogP contribution < -0.4 is 5.32 Å². The van der Waals surface area contributed by atoms with Gasteiger partial charge in [-0.1, -0.05) is 17.7 Å². The van der Waals surface area contributed by atoms with Crippen LogP contribution in [-0.4, -0.2) is 63.2 Å². The van der Waals surface area contributed by atoms with Crippen molar-refractivity contribution >= 4 is 17.5 Å². The van der Waals surface area contributed by atoms with Gasteiger partial charge in [-0.2, -0.15) is 0 Å². The first-order chi connectivity index (χ1) is 15.3. The number of pyridine rings is 1. The molecule has 1 fully saturated rings. The van der Waals surface area contributed by atoms with E-state index in [-0.39, 0.29) is 11.8 Å². The number of nitrogens with zero attached hydrogens (tertiary/aromatic N) is 4.